The molecular formula is C14H28N4O. The second kappa shape index (κ2) is 7.60. The minimum absolute atomic E-state index is 0.0242. The van der Waals surface area contributed by atoms with E-state index < -0.39 is 0 Å². The molecule has 1 aromatic rings. The van der Waals surface area contributed by atoms with Crippen LogP contribution in [0, 0.1) is 5.92 Å². The van der Waals surface area contributed by atoms with Crippen LogP contribution in [0.4, 0.5) is 0 Å². The highest BCUT2D eigenvalue weighted by Crippen LogP contribution is 2.25. The first kappa shape index (κ1) is 16.1. The first-order valence-electron chi connectivity index (χ1n) is 7.29. The maximum Gasteiger partial charge on any atom is 0.231 e. The molecule has 2 unspecified atom stereocenters. The van der Waals surface area contributed by atoms with Crippen molar-refractivity contribution in [1.29, 1.82) is 0 Å². The third-order valence-corrected chi connectivity index (χ3v) is 3.60. The average molecular weight is 268 g/mol. The van der Waals surface area contributed by atoms with Crippen LogP contribution < -0.4 is 5.73 Å². The van der Waals surface area contributed by atoms with Gasteiger partial charge in [0.25, 0.3) is 0 Å². The van der Waals surface area contributed by atoms with Crippen LogP contribution in [0.25, 0.3) is 0 Å². The van der Waals surface area contributed by atoms with E-state index in [0.717, 1.165) is 31.9 Å². The van der Waals surface area contributed by atoms with Gasteiger partial charge in [0, 0.05) is 19.0 Å². The van der Waals surface area contributed by atoms with Gasteiger partial charge in [-0.15, -0.1) is 0 Å². The van der Waals surface area contributed by atoms with Gasteiger partial charge in [0.15, 0.2) is 5.82 Å². The number of hydrogen-bond donors (Lipinski definition) is 1. The van der Waals surface area contributed by atoms with Crippen molar-refractivity contribution in [2.75, 3.05) is 19.6 Å². The van der Waals surface area contributed by atoms with Gasteiger partial charge in [-0.05, 0) is 25.9 Å². The van der Waals surface area contributed by atoms with Gasteiger partial charge in [0.2, 0.25) is 5.89 Å². The summed E-state index contributed by atoms with van der Waals surface area (Å²) in [6.45, 7) is 13.7. The van der Waals surface area contributed by atoms with Crippen LogP contribution in [0.15, 0.2) is 4.52 Å². The second-order valence-corrected chi connectivity index (χ2v) is 5.45. The van der Waals surface area contributed by atoms with E-state index in [1.54, 1.807) is 0 Å². The molecule has 0 amide bonds. The largest absolute Gasteiger partial charge is 0.339 e. The third-order valence-electron chi connectivity index (χ3n) is 3.60. The van der Waals surface area contributed by atoms with Gasteiger partial charge in [-0.25, -0.2) is 0 Å². The van der Waals surface area contributed by atoms with Crippen LogP contribution >= 0.6 is 0 Å². The Bertz CT molecular complexity index is 350. The molecule has 0 saturated carbocycles. The van der Waals surface area contributed by atoms with Crippen molar-refractivity contribution in [2.45, 2.75) is 53.0 Å². The lowest BCUT2D eigenvalue weighted by Crippen LogP contribution is -2.29. The predicted octanol–water partition coefficient (Wildman–Crippen LogP) is 2.04. The molecule has 1 heterocycles. The number of hydrogen-bond acceptors (Lipinski definition) is 5. The van der Waals surface area contributed by atoms with Crippen molar-refractivity contribution in [2.24, 2.45) is 11.7 Å². The molecule has 0 radical (unpaired) electrons. The summed E-state index contributed by atoms with van der Waals surface area (Å²) in [5.41, 5.74) is 6.01. The zero-order valence-corrected chi connectivity index (χ0v) is 12.9. The lowest BCUT2D eigenvalue weighted by atomic mass is 9.90. The fourth-order valence-corrected chi connectivity index (χ4v) is 2.42. The Morgan fingerprint density at radius 1 is 1.21 bits per heavy atom. The molecule has 0 fully saturated rings. The SMILES string of the molecule is CCN(CC)CCc1noc(C(C(C)C)C(C)N)n1. The molecule has 1 aromatic heterocycles. The van der Waals surface area contributed by atoms with Gasteiger partial charge in [0.05, 0.1) is 5.92 Å². The highest BCUT2D eigenvalue weighted by atomic mass is 16.5. The zero-order chi connectivity index (χ0) is 14.4. The van der Waals surface area contributed by atoms with Gasteiger partial charge in [0.1, 0.15) is 0 Å². The number of aromatic nitrogens is 2. The summed E-state index contributed by atoms with van der Waals surface area (Å²) in [5, 5.41) is 4.07. The van der Waals surface area contributed by atoms with E-state index in [0.29, 0.717) is 11.8 Å². The highest BCUT2D eigenvalue weighted by Gasteiger charge is 2.26. The van der Waals surface area contributed by atoms with E-state index in [9.17, 15) is 0 Å². The molecule has 0 spiro atoms. The summed E-state index contributed by atoms with van der Waals surface area (Å²) in [5.74, 6) is 2.00. The van der Waals surface area contributed by atoms with E-state index >= 15 is 0 Å². The molecular weight excluding hydrogens is 240 g/mol. The van der Waals surface area contributed by atoms with Crippen LogP contribution in [0.2, 0.25) is 0 Å². The quantitative estimate of drug-likeness (QED) is 0.781. The zero-order valence-electron chi connectivity index (χ0n) is 12.9. The fraction of sp³-hybridized carbons (Fsp3) is 0.857. The van der Waals surface area contributed by atoms with Crippen molar-refractivity contribution >= 4 is 0 Å². The molecule has 0 aliphatic carbocycles. The topological polar surface area (TPSA) is 68.2 Å². The summed E-state index contributed by atoms with van der Waals surface area (Å²) in [6.07, 6.45) is 0.828. The van der Waals surface area contributed by atoms with Gasteiger partial charge >= 0.3 is 0 Å². The fourth-order valence-electron chi connectivity index (χ4n) is 2.42. The summed E-state index contributed by atoms with van der Waals surface area (Å²) < 4.78 is 5.39. The average Bonchev–Trinajstić information content (AvgIpc) is 2.78. The number of nitrogens with two attached hydrogens (primary N) is 1. The first-order chi connectivity index (χ1) is 8.99. The van der Waals surface area contributed by atoms with Gasteiger partial charge in [-0.1, -0.05) is 32.9 Å². The molecule has 2 atom stereocenters. The minimum Gasteiger partial charge on any atom is -0.339 e. The molecule has 5 heteroatoms. The smallest absolute Gasteiger partial charge is 0.231 e. The maximum atomic E-state index is 6.01. The molecule has 0 saturated heterocycles. The van der Waals surface area contributed by atoms with Crippen LogP contribution in [0.1, 0.15) is 52.3 Å². The highest BCUT2D eigenvalue weighted by molar-refractivity contribution is 4.99. The molecule has 1 rings (SSSR count). The molecule has 2 N–H and O–H groups in total. The van der Waals surface area contributed by atoms with Gasteiger partial charge < -0.3 is 15.2 Å². The van der Waals surface area contributed by atoms with Gasteiger partial charge in [-0.2, -0.15) is 4.98 Å². The van der Waals surface area contributed by atoms with E-state index in [4.69, 9.17) is 10.3 Å². The van der Waals surface area contributed by atoms with E-state index in [-0.39, 0.29) is 12.0 Å². The Labute approximate surface area is 116 Å². The Morgan fingerprint density at radius 3 is 2.32 bits per heavy atom. The molecule has 19 heavy (non-hydrogen) atoms. The van der Waals surface area contributed by atoms with Crippen molar-refractivity contribution in [1.82, 2.24) is 15.0 Å². The maximum absolute atomic E-state index is 6.01. The summed E-state index contributed by atoms with van der Waals surface area (Å²) in [6, 6.07) is 0.0242. The molecule has 0 aliphatic heterocycles. The van der Waals surface area contributed by atoms with Gasteiger partial charge in [-0.3, -0.25) is 0 Å². The van der Waals surface area contributed by atoms with E-state index in [1.807, 2.05) is 6.92 Å². The standard InChI is InChI=1S/C14H28N4O/c1-6-18(7-2)9-8-12-16-14(19-17-12)13(10(3)4)11(5)15/h10-11,13H,6-9,15H2,1-5H3. The van der Waals surface area contributed by atoms with E-state index in [2.05, 4.69) is 42.7 Å². The van der Waals surface area contributed by atoms with Crippen molar-refractivity contribution in [3.63, 3.8) is 0 Å². The Kier molecular flexibility index (Phi) is 6.45. The minimum atomic E-state index is 0.0242. The Hall–Kier alpha value is -0.940. The monoisotopic (exact) mass is 268 g/mol. The number of rotatable bonds is 8. The third kappa shape index (κ3) is 4.58. The van der Waals surface area contributed by atoms with Crippen LogP contribution in [0.5, 0.6) is 0 Å². The van der Waals surface area contributed by atoms with E-state index in [1.165, 1.54) is 0 Å². The predicted molar refractivity (Wildman–Crippen MR) is 77.0 cm³/mol. The van der Waals surface area contributed by atoms with Crippen molar-refractivity contribution < 1.29 is 4.52 Å². The molecule has 0 aliphatic rings. The molecule has 110 valence electrons. The normalized spacial score (nSPS) is 15.2. The van der Waals surface area contributed by atoms with Crippen LogP contribution in [-0.4, -0.2) is 40.7 Å². The Morgan fingerprint density at radius 2 is 1.84 bits per heavy atom. The Balaban J connectivity index is 2.65. The van der Waals surface area contributed by atoms with Crippen molar-refractivity contribution in [3.8, 4) is 0 Å². The lowest BCUT2D eigenvalue weighted by Gasteiger charge is -2.20. The molecule has 0 bridgehead atoms. The molecule has 0 aromatic carbocycles. The first-order valence-corrected chi connectivity index (χ1v) is 7.29. The number of nitrogens with zero attached hydrogens (tertiary/aromatic N) is 3. The second-order valence-electron chi connectivity index (χ2n) is 5.45. The molecule has 5 nitrogen and oxygen atoms in total. The van der Waals surface area contributed by atoms with Crippen molar-refractivity contribution in [3.05, 3.63) is 11.7 Å². The summed E-state index contributed by atoms with van der Waals surface area (Å²) >= 11 is 0. The summed E-state index contributed by atoms with van der Waals surface area (Å²) in [4.78, 5) is 6.86. The van der Waals surface area contributed by atoms with Crippen LogP contribution in [0.3, 0.4) is 0 Å². The lowest BCUT2D eigenvalue weighted by molar-refractivity contribution is 0.292. The number of likely N-dealkylation sites (N-methyl/N-ethyl adjacent to an activating group) is 1. The van der Waals surface area contributed by atoms with Crippen LogP contribution in [-0.2, 0) is 6.42 Å². The summed E-state index contributed by atoms with van der Waals surface area (Å²) in [7, 11) is 0.